The van der Waals surface area contributed by atoms with Gasteiger partial charge in [0, 0.05) is 6.54 Å². The lowest BCUT2D eigenvalue weighted by Gasteiger charge is -2.16. The first-order chi connectivity index (χ1) is 14.7. The zero-order valence-electron chi connectivity index (χ0n) is 17.9. The van der Waals surface area contributed by atoms with Crippen LogP contribution in [-0.4, -0.2) is 34.6 Å². The minimum absolute atomic E-state index is 0.100. The number of hydrogen-bond acceptors (Lipinski definition) is 7. The van der Waals surface area contributed by atoms with E-state index in [4.69, 9.17) is 4.74 Å². The number of anilines is 1. The zero-order chi connectivity index (χ0) is 22.6. The molecule has 0 atom stereocenters. The summed E-state index contributed by atoms with van der Waals surface area (Å²) in [5.41, 5.74) is 2.48. The molecule has 2 aromatic carbocycles. The Balaban J connectivity index is 1.83. The van der Waals surface area contributed by atoms with E-state index < -0.39 is 16.0 Å². The lowest BCUT2D eigenvalue weighted by molar-refractivity contribution is 0.0457. The van der Waals surface area contributed by atoms with Crippen LogP contribution in [-0.2, 0) is 27.9 Å². The Morgan fingerprint density at radius 2 is 1.81 bits per heavy atom. The SMILES string of the molecule is CCCn1nnnc1COC(=O)c1ccccc1NS(=O)(=O)c1c(C)cc(C)cc1C. The first kappa shape index (κ1) is 22.4. The molecule has 3 aromatic rings. The van der Waals surface area contributed by atoms with Crippen LogP contribution in [0, 0.1) is 20.8 Å². The molecule has 0 fully saturated rings. The summed E-state index contributed by atoms with van der Waals surface area (Å²) in [5.74, 6) is -0.263. The first-order valence-corrected chi connectivity index (χ1v) is 11.3. The third-order valence-corrected chi connectivity index (χ3v) is 6.31. The predicted molar refractivity (Wildman–Crippen MR) is 115 cm³/mol. The molecule has 1 aromatic heterocycles. The van der Waals surface area contributed by atoms with E-state index in [1.807, 2.05) is 26.0 Å². The molecule has 0 aliphatic carbocycles. The van der Waals surface area contributed by atoms with Gasteiger partial charge in [0.25, 0.3) is 10.0 Å². The standard InChI is InChI=1S/C21H25N5O4S/c1-5-10-26-19(22-24-25-26)13-30-21(27)17-8-6-7-9-18(17)23-31(28,29)20-15(3)11-14(2)12-16(20)4/h6-9,11-12,23H,5,10,13H2,1-4H3. The highest BCUT2D eigenvalue weighted by molar-refractivity contribution is 7.92. The van der Waals surface area contributed by atoms with Crippen molar-refractivity contribution in [3.05, 3.63) is 64.5 Å². The molecule has 1 heterocycles. The normalized spacial score (nSPS) is 11.4. The number of ether oxygens (including phenoxy) is 1. The van der Waals surface area contributed by atoms with Gasteiger partial charge in [-0.2, -0.15) is 0 Å². The Kier molecular flexibility index (Phi) is 6.69. The molecular formula is C21H25N5O4S. The first-order valence-electron chi connectivity index (χ1n) is 9.84. The van der Waals surface area contributed by atoms with Crippen molar-refractivity contribution in [1.82, 2.24) is 20.2 Å². The fourth-order valence-corrected chi connectivity index (χ4v) is 4.99. The van der Waals surface area contributed by atoms with Crippen molar-refractivity contribution in [2.45, 2.75) is 52.2 Å². The minimum atomic E-state index is -3.91. The van der Waals surface area contributed by atoms with Gasteiger partial charge in [0.05, 0.1) is 16.1 Å². The van der Waals surface area contributed by atoms with E-state index in [1.54, 1.807) is 30.7 Å². The maximum Gasteiger partial charge on any atom is 0.340 e. The van der Waals surface area contributed by atoms with Gasteiger partial charge in [-0.05, 0) is 60.9 Å². The number of hydrogen-bond donors (Lipinski definition) is 1. The highest BCUT2D eigenvalue weighted by atomic mass is 32.2. The number of benzene rings is 2. The average molecular weight is 444 g/mol. The van der Waals surface area contributed by atoms with Crippen LogP contribution >= 0.6 is 0 Å². The minimum Gasteiger partial charge on any atom is -0.454 e. The number of carbonyl (C=O) groups is 1. The lowest BCUT2D eigenvalue weighted by atomic mass is 10.1. The quantitative estimate of drug-likeness (QED) is 0.532. The number of esters is 1. The summed E-state index contributed by atoms with van der Waals surface area (Å²) in [6, 6.07) is 9.92. The van der Waals surface area contributed by atoms with Gasteiger partial charge in [0.2, 0.25) is 0 Å². The fourth-order valence-electron chi connectivity index (χ4n) is 3.46. The molecule has 31 heavy (non-hydrogen) atoms. The number of tetrazole rings is 1. The summed E-state index contributed by atoms with van der Waals surface area (Å²) >= 11 is 0. The highest BCUT2D eigenvalue weighted by Crippen LogP contribution is 2.26. The molecule has 0 unspecified atom stereocenters. The number of carbonyl (C=O) groups excluding carboxylic acids is 1. The number of rotatable bonds is 8. The Morgan fingerprint density at radius 1 is 1.13 bits per heavy atom. The van der Waals surface area contributed by atoms with Crippen molar-refractivity contribution in [2.75, 3.05) is 4.72 Å². The number of nitrogens with zero attached hydrogens (tertiary/aromatic N) is 4. The second-order valence-corrected chi connectivity index (χ2v) is 8.89. The van der Waals surface area contributed by atoms with E-state index >= 15 is 0 Å². The van der Waals surface area contributed by atoms with Gasteiger partial charge in [-0.1, -0.05) is 36.8 Å². The molecule has 1 N–H and O–H groups in total. The van der Waals surface area contributed by atoms with Crippen molar-refractivity contribution < 1.29 is 17.9 Å². The molecule has 0 bridgehead atoms. The summed E-state index contributed by atoms with van der Waals surface area (Å²) in [7, 11) is -3.91. The molecule has 0 saturated heterocycles. The lowest BCUT2D eigenvalue weighted by Crippen LogP contribution is -2.19. The smallest absolute Gasteiger partial charge is 0.340 e. The van der Waals surface area contributed by atoms with Crippen LogP contribution in [0.2, 0.25) is 0 Å². The molecule has 0 radical (unpaired) electrons. The summed E-state index contributed by atoms with van der Waals surface area (Å²) < 4.78 is 35.6. The van der Waals surface area contributed by atoms with E-state index in [1.165, 1.54) is 12.1 Å². The average Bonchev–Trinajstić information content (AvgIpc) is 3.12. The maximum atomic E-state index is 13.1. The zero-order valence-corrected chi connectivity index (χ0v) is 18.7. The third-order valence-electron chi connectivity index (χ3n) is 4.64. The number of nitrogens with one attached hydrogen (secondary N) is 1. The summed E-state index contributed by atoms with van der Waals surface area (Å²) in [4.78, 5) is 12.9. The van der Waals surface area contributed by atoms with Crippen molar-refractivity contribution >= 4 is 21.7 Å². The van der Waals surface area contributed by atoms with E-state index in [0.717, 1.165) is 12.0 Å². The van der Waals surface area contributed by atoms with Crippen molar-refractivity contribution in [3.63, 3.8) is 0 Å². The van der Waals surface area contributed by atoms with Crippen LogP contribution < -0.4 is 4.72 Å². The van der Waals surface area contributed by atoms with Gasteiger partial charge >= 0.3 is 5.97 Å². The predicted octanol–water partition coefficient (Wildman–Crippen LogP) is 3.17. The molecule has 0 aliphatic rings. The van der Waals surface area contributed by atoms with Crippen LogP contribution in [0.15, 0.2) is 41.3 Å². The fraction of sp³-hybridized carbons (Fsp3) is 0.333. The van der Waals surface area contributed by atoms with Crippen LogP contribution in [0.25, 0.3) is 0 Å². The van der Waals surface area contributed by atoms with E-state index in [0.29, 0.717) is 23.5 Å². The second kappa shape index (κ2) is 9.25. The largest absolute Gasteiger partial charge is 0.454 e. The van der Waals surface area contributed by atoms with Crippen molar-refractivity contribution in [1.29, 1.82) is 0 Å². The number of para-hydroxylation sites is 1. The van der Waals surface area contributed by atoms with Crippen molar-refractivity contribution in [2.24, 2.45) is 0 Å². The number of aryl methyl sites for hydroxylation is 4. The van der Waals surface area contributed by atoms with Gasteiger partial charge in [0.1, 0.15) is 0 Å². The van der Waals surface area contributed by atoms with E-state index in [2.05, 4.69) is 20.2 Å². The van der Waals surface area contributed by atoms with E-state index in [-0.39, 0.29) is 22.8 Å². The topological polar surface area (TPSA) is 116 Å². The number of aromatic nitrogens is 4. The summed E-state index contributed by atoms with van der Waals surface area (Å²) in [6.45, 7) is 7.86. The van der Waals surface area contributed by atoms with Crippen LogP contribution in [0.5, 0.6) is 0 Å². The van der Waals surface area contributed by atoms with Gasteiger partial charge < -0.3 is 4.74 Å². The molecule has 0 spiro atoms. The van der Waals surface area contributed by atoms with Gasteiger partial charge in [-0.3, -0.25) is 4.72 Å². The summed E-state index contributed by atoms with van der Waals surface area (Å²) in [6.07, 6.45) is 0.828. The van der Waals surface area contributed by atoms with Crippen LogP contribution in [0.4, 0.5) is 5.69 Å². The van der Waals surface area contributed by atoms with Gasteiger partial charge in [-0.15, -0.1) is 5.10 Å². The van der Waals surface area contributed by atoms with Crippen molar-refractivity contribution in [3.8, 4) is 0 Å². The summed E-state index contributed by atoms with van der Waals surface area (Å²) in [5, 5.41) is 11.3. The highest BCUT2D eigenvalue weighted by Gasteiger charge is 2.23. The Bertz CT molecular complexity index is 1180. The maximum absolute atomic E-state index is 13.1. The van der Waals surface area contributed by atoms with Crippen LogP contribution in [0.1, 0.15) is 46.2 Å². The van der Waals surface area contributed by atoms with Crippen LogP contribution in [0.3, 0.4) is 0 Å². The second-order valence-electron chi connectivity index (χ2n) is 7.27. The van der Waals surface area contributed by atoms with Gasteiger partial charge in [0.15, 0.2) is 12.4 Å². The Morgan fingerprint density at radius 3 is 2.48 bits per heavy atom. The Hall–Kier alpha value is -3.27. The van der Waals surface area contributed by atoms with Gasteiger partial charge in [-0.25, -0.2) is 17.9 Å². The molecule has 0 amide bonds. The number of sulfonamides is 1. The molecular weight excluding hydrogens is 418 g/mol. The molecule has 9 nitrogen and oxygen atoms in total. The molecule has 0 saturated carbocycles. The molecule has 164 valence electrons. The Labute approximate surface area is 181 Å². The molecule has 3 rings (SSSR count). The van der Waals surface area contributed by atoms with E-state index in [9.17, 15) is 13.2 Å². The molecule has 10 heteroatoms. The monoisotopic (exact) mass is 443 g/mol. The third kappa shape index (κ3) is 5.08. The molecule has 0 aliphatic heterocycles.